The van der Waals surface area contributed by atoms with Crippen LogP contribution in [0.25, 0.3) is 0 Å². The molecule has 0 saturated carbocycles. The van der Waals surface area contributed by atoms with Gasteiger partial charge in [0.15, 0.2) is 0 Å². The summed E-state index contributed by atoms with van der Waals surface area (Å²) in [4.78, 5) is 4.46. The second-order valence-corrected chi connectivity index (χ2v) is 5.65. The summed E-state index contributed by atoms with van der Waals surface area (Å²) in [6.07, 6.45) is 3.65. The highest BCUT2D eigenvalue weighted by Gasteiger charge is 2.06. The lowest BCUT2D eigenvalue weighted by molar-refractivity contribution is 0.552. The number of halogens is 1. The van der Waals surface area contributed by atoms with Crippen molar-refractivity contribution < 1.29 is 4.39 Å². The van der Waals surface area contributed by atoms with E-state index in [0.717, 1.165) is 24.1 Å². The molecule has 0 atom stereocenters. The van der Waals surface area contributed by atoms with Gasteiger partial charge in [-0.3, -0.25) is 4.98 Å². The maximum absolute atomic E-state index is 13.8. The molecule has 1 N–H and O–H groups in total. The number of rotatable bonds is 6. The summed E-state index contributed by atoms with van der Waals surface area (Å²) in [5, 5.41) is 3.25. The van der Waals surface area contributed by atoms with Crippen LogP contribution in [-0.2, 0) is 19.4 Å². The molecule has 0 bridgehead atoms. The number of hydrogen-bond acceptors (Lipinski definition) is 2. The molecule has 2 rings (SSSR count). The topological polar surface area (TPSA) is 24.9 Å². The Balaban J connectivity index is 2.10. The van der Waals surface area contributed by atoms with Gasteiger partial charge in [-0.1, -0.05) is 39.0 Å². The lowest BCUT2D eigenvalue weighted by Crippen LogP contribution is -2.22. The molecule has 21 heavy (non-hydrogen) atoms. The fourth-order valence-electron chi connectivity index (χ4n) is 2.17. The number of nitrogens with zero attached hydrogens (tertiary/aromatic N) is 1. The molecule has 1 aromatic carbocycles. The highest BCUT2D eigenvalue weighted by atomic mass is 19.1. The molecule has 0 radical (unpaired) electrons. The van der Waals surface area contributed by atoms with E-state index < -0.39 is 0 Å². The largest absolute Gasteiger partial charge is 0.310 e. The third-order valence-corrected chi connectivity index (χ3v) is 3.49. The Hall–Kier alpha value is -1.74. The molecule has 2 aromatic rings. The van der Waals surface area contributed by atoms with Crippen molar-refractivity contribution in [2.24, 2.45) is 0 Å². The van der Waals surface area contributed by atoms with Crippen LogP contribution < -0.4 is 5.32 Å². The number of nitrogens with one attached hydrogen (secondary N) is 1. The van der Waals surface area contributed by atoms with E-state index in [1.807, 2.05) is 24.4 Å². The third kappa shape index (κ3) is 4.64. The maximum Gasteiger partial charge on any atom is 0.127 e. The quantitative estimate of drug-likeness (QED) is 0.872. The lowest BCUT2D eigenvalue weighted by Gasteiger charge is -2.10. The summed E-state index contributed by atoms with van der Waals surface area (Å²) in [5.74, 6) is -0.152. The van der Waals surface area contributed by atoms with Crippen LogP contribution in [0.3, 0.4) is 0 Å². The molecule has 0 aliphatic carbocycles. The van der Waals surface area contributed by atoms with Crippen molar-refractivity contribution in [3.8, 4) is 0 Å². The van der Waals surface area contributed by atoms with Gasteiger partial charge in [-0.25, -0.2) is 4.39 Å². The maximum atomic E-state index is 13.8. The van der Waals surface area contributed by atoms with Gasteiger partial charge in [-0.15, -0.1) is 0 Å². The summed E-state index contributed by atoms with van der Waals surface area (Å²) in [6.45, 7) is 6.78. The predicted octanol–water partition coefficient (Wildman–Crippen LogP) is 3.87. The van der Waals surface area contributed by atoms with Crippen molar-refractivity contribution in [1.82, 2.24) is 10.3 Å². The van der Waals surface area contributed by atoms with Gasteiger partial charge in [0.1, 0.15) is 5.82 Å². The number of aromatic nitrogens is 1. The van der Waals surface area contributed by atoms with E-state index in [2.05, 4.69) is 37.1 Å². The molecule has 0 aliphatic rings. The van der Waals surface area contributed by atoms with Gasteiger partial charge in [-0.2, -0.15) is 0 Å². The van der Waals surface area contributed by atoms with E-state index >= 15 is 0 Å². The molecule has 0 amide bonds. The molecular weight excluding hydrogens is 263 g/mol. The Kier molecular flexibility index (Phi) is 5.45. The Morgan fingerprint density at radius 1 is 1.14 bits per heavy atom. The molecule has 0 unspecified atom stereocenters. The second kappa shape index (κ2) is 7.32. The normalized spacial score (nSPS) is 11.1. The lowest BCUT2D eigenvalue weighted by atomic mass is 10.0. The van der Waals surface area contributed by atoms with Gasteiger partial charge in [0, 0.05) is 36.5 Å². The van der Waals surface area contributed by atoms with Crippen LogP contribution >= 0.6 is 0 Å². The summed E-state index contributed by atoms with van der Waals surface area (Å²) in [6, 6.07) is 9.81. The van der Waals surface area contributed by atoms with Crippen LogP contribution in [-0.4, -0.2) is 11.0 Å². The molecule has 2 nitrogen and oxygen atoms in total. The molecule has 3 heteroatoms. The zero-order valence-electron chi connectivity index (χ0n) is 13.0. The molecule has 0 saturated heterocycles. The summed E-state index contributed by atoms with van der Waals surface area (Å²) < 4.78 is 13.8. The minimum Gasteiger partial charge on any atom is -0.310 e. The Labute approximate surface area is 126 Å². The van der Waals surface area contributed by atoms with Crippen LogP contribution in [0.5, 0.6) is 0 Å². The molecular formula is C18H23FN2. The predicted molar refractivity (Wildman–Crippen MR) is 84.8 cm³/mol. The van der Waals surface area contributed by atoms with Crippen LogP contribution in [0.1, 0.15) is 43.2 Å². The van der Waals surface area contributed by atoms with Gasteiger partial charge >= 0.3 is 0 Å². The van der Waals surface area contributed by atoms with E-state index in [0.29, 0.717) is 18.2 Å². The van der Waals surface area contributed by atoms with E-state index in [9.17, 15) is 4.39 Å². The van der Waals surface area contributed by atoms with Crippen molar-refractivity contribution in [2.45, 2.75) is 46.2 Å². The third-order valence-electron chi connectivity index (χ3n) is 3.49. The summed E-state index contributed by atoms with van der Waals surface area (Å²) in [5.41, 5.74) is 4.06. The zero-order valence-corrected chi connectivity index (χ0v) is 13.0. The van der Waals surface area contributed by atoms with Gasteiger partial charge in [0.2, 0.25) is 0 Å². The number of pyridine rings is 1. The molecule has 0 fully saturated rings. The van der Waals surface area contributed by atoms with Crippen LogP contribution in [0.4, 0.5) is 4.39 Å². The summed E-state index contributed by atoms with van der Waals surface area (Å²) >= 11 is 0. The van der Waals surface area contributed by atoms with E-state index in [1.54, 1.807) is 6.07 Å². The molecule has 0 spiro atoms. The zero-order chi connectivity index (χ0) is 15.2. The van der Waals surface area contributed by atoms with E-state index in [-0.39, 0.29) is 5.82 Å². The van der Waals surface area contributed by atoms with Crippen molar-refractivity contribution in [3.05, 3.63) is 64.7 Å². The monoisotopic (exact) mass is 286 g/mol. The highest BCUT2D eigenvalue weighted by molar-refractivity contribution is 5.29. The summed E-state index contributed by atoms with van der Waals surface area (Å²) in [7, 11) is 0. The molecule has 112 valence electrons. The SMILES string of the molecule is CCc1ccc(Cc2ccc(F)c(CNC(C)C)c2)nc1. The average molecular weight is 286 g/mol. The van der Waals surface area contributed by atoms with Gasteiger partial charge in [0.25, 0.3) is 0 Å². The average Bonchev–Trinajstić information content (AvgIpc) is 2.48. The smallest absolute Gasteiger partial charge is 0.127 e. The van der Waals surface area contributed by atoms with Crippen molar-refractivity contribution in [1.29, 1.82) is 0 Å². The Morgan fingerprint density at radius 2 is 1.90 bits per heavy atom. The number of benzene rings is 1. The second-order valence-electron chi connectivity index (χ2n) is 5.65. The standard InChI is InChI=1S/C18H23FN2/c1-4-14-5-7-17(21-11-14)10-15-6-8-18(19)16(9-15)12-20-13(2)3/h5-9,11,13,20H,4,10,12H2,1-3H3. The fraction of sp³-hybridized carbons (Fsp3) is 0.389. The first-order valence-corrected chi connectivity index (χ1v) is 7.53. The minimum absolute atomic E-state index is 0.152. The first-order valence-electron chi connectivity index (χ1n) is 7.53. The van der Waals surface area contributed by atoms with Crippen LogP contribution in [0.2, 0.25) is 0 Å². The van der Waals surface area contributed by atoms with Crippen LogP contribution in [0.15, 0.2) is 36.5 Å². The molecule has 0 aliphatic heterocycles. The minimum atomic E-state index is -0.152. The fourth-order valence-corrected chi connectivity index (χ4v) is 2.17. The highest BCUT2D eigenvalue weighted by Crippen LogP contribution is 2.14. The van der Waals surface area contributed by atoms with Crippen molar-refractivity contribution in [2.75, 3.05) is 0 Å². The first-order chi connectivity index (χ1) is 10.1. The number of hydrogen-bond donors (Lipinski definition) is 1. The first kappa shape index (κ1) is 15.6. The van der Waals surface area contributed by atoms with E-state index in [1.165, 1.54) is 5.56 Å². The van der Waals surface area contributed by atoms with Crippen molar-refractivity contribution >= 4 is 0 Å². The number of aryl methyl sites for hydroxylation is 1. The Morgan fingerprint density at radius 3 is 2.52 bits per heavy atom. The molecule has 1 heterocycles. The van der Waals surface area contributed by atoms with Crippen LogP contribution in [0, 0.1) is 5.82 Å². The van der Waals surface area contributed by atoms with Crippen molar-refractivity contribution in [3.63, 3.8) is 0 Å². The van der Waals surface area contributed by atoms with E-state index in [4.69, 9.17) is 0 Å². The van der Waals surface area contributed by atoms with Gasteiger partial charge in [-0.05, 0) is 29.7 Å². The Bertz CT molecular complexity index is 576. The van der Waals surface area contributed by atoms with Gasteiger partial charge < -0.3 is 5.32 Å². The molecule has 1 aromatic heterocycles. The van der Waals surface area contributed by atoms with Gasteiger partial charge in [0.05, 0.1) is 0 Å².